The van der Waals surface area contributed by atoms with Crippen molar-refractivity contribution in [1.82, 2.24) is 14.6 Å². The molecule has 0 bridgehead atoms. The van der Waals surface area contributed by atoms with Crippen LogP contribution >= 0.6 is 27.7 Å². The molecule has 3 aromatic rings. The molecule has 7 heteroatoms. The molecular weight excluding hydrogens is 342 g/mol. The summed E-state index contributed by atoms with van der Waals surface area (Å²) in [6, 6.07) is 7.07. The third kappa shape index (κ3) is 2.41. The molecule has 0 spiro atoms. The van der Waals surface area contributed by atoms with Crippen LogP contribution in [0.2, 0.25) is 0 Å². The molecule has 20 heavy (non-hydrogen) atoms. The van der Waals surface area contributed by atoms with Gasteiger partial charge in [-0.15, -0.1) is 0 Å². The Balaban J connectivity index is 2.01. The third-order valence-corrected chi connectivity index (χ3v) is 4.36. The quantitative estimate of drug-likeness (QED) is 0.785. The van der Waals surface area contributed by atoms with Gasteiger partial charge in [-0.05, 0) is 40.2 Å². The van der Waals surface area contributed by atoms with Crippen LogP contribution in [0.15, 0.2) is 57.3 Å². The van der Waals surface area contributed by atoms with Crippen LogP contribution in [-0.2, 0) is 0 Å². The maximum absolute atomic E-state index is 11.1. The first-order valence-electron chi connectivity index (χ1n) is 5.64. The second-order valence-corrected chi connectivity index (χ2v) is 5.86. The minimum Gasteiger partial charge on any atom is -0.478 e. The second-order valence-electron chi connectivity index (χ2n) is 3.94. The number of fused-ring (bicyclic) bond motifs is 1. The number of hydrogen-bond donors (Lipinski definition) is 1. The molecule has 0 aliphatic rings. The predicted octanol–water partition coefficient (Wildman–Crippen LogP) is 3.34. The second kappa shape index (κ2) is 5.26. The minimum atomic E-state index is -0.963. The van der Waals surface area contributed by atoms with E-state index in [9.17, 15) is 4.79 Å². The van der Waals surface area contributed by atoms with Gasteiger partial charge in [0.2, 0.25) is 0 Å². The molecule has 0 aliphatic heterocycles. The molecule has 0 saturated heterocycles. The minimum absolute atomic E-state index is 0.232. The van der Waals surface area contributed by atoms with E-state index in [0.717, 1.165) is 15.4 Å². The molecule has 2 aromatic heterocycles. The number of carboxylic acid groups (broad SMARTS) is 1. The Hall–Kier alpha value is -1.86. The van der Waals surface area contributed by atoms with Gasteiger partial charge in [0.25, 0.3) is 0 Å². The molecule has 1 N–H and O–H groups in total. The monoisotopic (exact) mass is 349 g/mol. The van der Waals surface area contributed by atoms with Crippen molar-refractivity contribution in [1.29, 1.82) is 0 Å². The average Bonchev–Trinajstić information content (AvgIpc) is 2.90. The lowest BCUT2D eigenvalue weighted by molar-refractivity contribution is 0.0695. The van der Waals surface area contributed by atoms with Crippen LogP contribution in [0.4, 0.5) is 0 Å². The van der Waals surface area contributed by atoms with E-state index in [0.29, 0.717) is 4.47 Å². The molecule has 0 amide bonds. The van der Waals surface area contributed by atoms with Crippen LogP contribution in [0, 0.1) is 0 Å². The molecule has 0 fully saturated rings. The topological polar surface area (TPSA) is 67.5 Å². The van der Waals surface area contributed by atoms with Gasteiger partial charge in [0.05, 0.1) is 17.3 Å². The van der Waals surface area contributed by atoms with Gasteiger partial charge in [0, 0.05) is 21.8 Å². The molecule has 0 radical (unpaired) electrons. The smallest absolute Gasteiger partial charge is 0.336 e. The van der Waals surface area contributed by atoms with E-state index in [4.69, 9.17) is 5.11 Å². The van der Waals surface area contributed by atoms with Crippen molar-refractivity contribution in [3.05, 3.63) is 52.9 Å². The number of aromatic nitrogens is 3. The normalized spacial score (nSPS) is 10.8. The van der Waals surface area contributed by atoms with E-state index in [-0.39, 0.29) is 5.56 Å². The first-order chi connectivity index (χ1) is 9.65. The summed E-state index contributed by atoms with van der Waals surface area (Å²) in [5.41, 5.74) is 1.12. The fourth-order valence-corrected chi connectivity index (χ4v) is 3.09. The fourth-order valence-electron chi connectivity index (χ4n) is 1.75. The zero-order chi connectivity index (χ0) is 14.1. The van der Waals surface area contributed by atoms with E-state index < -0.39 is 5.97 Å². The lowest BCUT2D eigenvalue weighted by atomic mass is 10.2. The van der Waals surface area contributed by atoms with Gasteiger partial charge in [-0.2, -0.15) is 5.10 Å². The Labute approximate surface area is 126 Å². The molecule has 0 aliphatic carbocycles. The maximum atomic E-state index is 11.1. The number of carbonyl (C=O) groups is 1. The summed E-state index contributed by atoms with van der Waals surface area (Å²) in [5.74, 6) is -0.963. The Morgan fingerprint density at radius 3 is 2.95 bits per heavy atom. The number of hydrogen-bond acceptors (Lipinski definition) is 4. The first kappa shape index (κ1) is 13.1. The fraction of sp³-hybridized carbons (Fsp3) is 0. The number of benzene rings is 1. The summed E-state index contributed by atoms with van der Waals surface area (Å²) in [7, 11) is 0. The number of rotatable bonds is 3. The standard InChI is InChI=1S/C13H8BrN3O2S/c14-10-2-1-8(7-9(10)13(18)19)20-12-11-3-4-16-17(11)6-5-15-12/h1-7H,(H,18,19). The highest BCUT2D eigenvalue weighted by molar-refractivity contribution is 9.10. The summed E-state index contributed by atoms with van der Waals surface area (Å²) in [4.78, 5) is 16.3. The van der Waals surface area contributed by atoms with E-state index in [2.05, 4.69) is 26.0 Å². The first-order valence-corrected chi connectivity index (χ1v) is 7.25. The zero-order valence-electron chi connectivity index (χ0n) is 10.0. The number of carboxylic acids is 1. The largest absolute Gasteiger partial charge is 0.478 e. The van der Waals surface area contributed by atoms with E-state index in [1.165, 1.54) is 11.8 Å². The van der Waals surface area contributed by atoms with Crippen molar-refractivity contribution in [3.63, 3.8) is 0 Å². The van der Waals surface area contributed by atoms with Crippen LogP contribution in [0.3, 0.4) is 0 Å². The van der Waals surface area contributed by atoms with Crippen LogP contribution in [0.1, 0.15) is 10.4 Å². The average molecular weight is 350 g/mol. The Morgan fingerprint density at radius 2 is 2.15 bits per heavy atom. The van der Waals surface area contributed by atoms with Crippen molar-refractivity contribution in [2.45, 2.75) is 9.92 Å². The Morgan fingerprint density at radius 1 is 1.30 bits per heavy atom. The molecule has 2 heterocycles. The zero-order valence-corrected chi connectivity index (χ0v) is 12.4. The highest BCUT2D eigenvalue weighted by Crippen LogP contribution is 2.31. The van der Waals surface area contributed by atoms with Gasteiger partial charge in [0.1, 0.15) is 5.03 Å². The van der Waals surface area contributed by atoms with Crippen LogP contribution in [-0.4, -0.2) is 25.7 Å². The molecule has 5 nitrogen and oxygen atoms in total. The third-order valence-electron chi connectivity index (χ3n) is 2.67. The van der Waals surface area contributed by atoms with Gasteiger partial charge in [0.15, 0.2) is 0 Å². The number of aromatic carboxylic acids is 1. The maximum Gasteiger partial charge on any atom is 0.336 e. The lowest BCUT2D eigenvalue weighted by Gasteiger charge is -2.05. The van der Waals surface area contributed by atoms with Gasteiger partial charge >= 0.3 is 5.97 Å². The number of halogens is 1. The molecule has 0 unspecified atom stereocenters. The summed E-state index contributed by atoms with van der Waals surface area (Å²) in [5, 5.41) is 14.0. The summed E-state index contributed by atoms with van der Waals surface area (Å²) >= 11 is 4.64. The van der Waals surface area contributed by atoms with Crippen LogP contribution in [0.25, 0.3) is 5.52 Å². The lowest BCUT2D eigenvalue weighted by Crippen LogP contribution is -1.97. The van der Waals surface area contributed by atoms with Crippen LogP contribution in [0.5, 0.6) is 0 Å². The van der Waals surface area contributed by atoms with Crippen molar-refractivity contribution >= 4 is 39.2 Å². The SMILES string of the molecule is O=C(O)c1cc(Sc2nccn3nccc23)ccc1Br. The predicted molar refractivity (Wildman–Crippen MR) is 78.2 cm³/mol. The summed E-state index contributed by atoms with van der Waals surface area (Å²) < 4.78 is 2.29. The van der Waals surface area contributed by atoms with Crippen molar-refractivity contribution in [2.75, 3.05) is 0 Å². The van der Waals surface area contributed by atoms with E-state index in [1.54, 1.807) is 35.2 Å². The highest BCUT2D eigenvalue weighted by Gasteiger charge is 2.11. The van der Waals surface area contributed by atoms with Gasteiger partial charge in [-0.25, -0.2) is 14.3 Å². The number of nitrogens with zero attached hydrogens (tertiary/aromatic N) is 3. The van der Waals surface area contributed by atoms with Gasteiger partial charge < -0.3 is 5.11 Å². The summed E-state index contributed by atoms with van der Waals surface area (Å²) in [6.07, 6.45) is 5.13. The van der Waals surface area contributed by atoms with E-state index in [1.807, 2.05) is 12.1 Å². The van der Waals surface area contributed by atoms with Crippen molar-refractivity contribution < 1.29 is 9.90 Å². The molecule has 100 valence electrons. The van der Waals surface area contributed by atoms with Gasteiger partial charge in [-0.3, -0.25) is 0 Å². The molecule has 0 atom stereocenters. The van der Waals surface area contributed by atoms with Crippen molar-refractivity contribution in [2.24, 2.45) is 0 Å². The van der Waals surface area contributed by atoms with Crippen molar-refractivity contribution in [3.8, 4) is 0 Å². The Kier molecular flexibility index (Phi) is 3.45. The molecule has 0 saturated carbocycles. The molecular formula is C13H8BrN3O2S. The molecule has 3 rings (SSSR count). The molecule has 1 aromatic carbocycles. The highest BCUT2D eigenvalue weighted by atomic mass is 79.9. The Bertz CT molecular complexity index is 803. The van der Waals surface area contributed by atoms with Crippen LogP contribution < -0.4 is 0 Å². The summed E-state index contributed by atoms with van der Waals surface area (Å²) in [6.45, 7) is 0. The van der Waals surface area contributed by atoms with Gasteiger partial charge in [-0.1, -0.05) is 11.8 Å². The van der Waals surface area contributed by atoms with E-state index >= 15 is 0 Å².